The van der Waals surface area contributed by atoms with Crippen molar-refractivity contribution >= 4 is 17.5 Å². The number of aromatic nitrogens is 1. The summed E-state index contributed by atoms with van der Waals surface area (Å²) in [6, 6.07) is 0.716. The Labute approximate surface area is 116 Å². The highest BCUT2D eigenvalue weighted by Crippen LogP contribution is 2.20. The summed E-state index contributed by atoms with van der Waals surface area (Å²) in [4.78, 5) is 15.0. The molecule has 0 saturated carbocycles. The highest BCUT2D eigenvalue weighted by atomic mass is 19.1. The lowest BCUT2D eigenvalue weighted by atomic mass is 10.1. The van der Waals surface area contributed by atoms with E-state index in [9.17, 15) is 13.6 Å². The number of hydrogen-bond acceptors (Lipinski definition) is 4. The number of nitrogens with one attached hydrogen (secondary N) is 3. The van der Waals surface area contributed by atoms with Crippen LogP contribution >= 0.6 is 0 Å². The molecule has 3 N–H and O–H groups in total. The number of pyridine rings is 1. The van der Waals surface area contributed by atoms with Gasteiger partial charge in [0, 0.05) is 31.6 Å². The fourth-order valence-corrected chi connectivity index (χ4v) is 1.98. The SMILES string of the molecule is CCCNc1nc(NC2CCC(=O)NC2)c(F)cc1F. The molecule has 1 unspecified atom stereocenters. The molecular weight excluding hydrogens is 266 g/mol. The molecule has 1 fully saturated rings. The molecule has 2 rings (SSSR count). The van der Waals surface area contributed by atoms with Gasteiger partial charge in [-0.05, 0) is 12.8 Å². The first-order valence-electron chi connectivity index (χ1n) is 6.73. The number of rotatable bonds is 5. The molecule has 0 bridgehead atoms. The van der Waals surface area contributed by atoms with Crippen molar-refractivity contribution in [3.8, 4) is 0 Å². The molecular formula is C13H18F2N4O. The Hall–Kier alpha value is -1.92. The van der Waals surface area contributed by atoms with Crippen LogP contribution in [0.5, 0.6) is 0 Å². The molecule has 20 heavy (non-hydrogen) atoms. The zero-order valence-electron chi connectivity index (χ0n) is 11.3. The largest absolute Gasteiger partial charge is 0.368 e. The molecule has 1 aromatic heterocycles. The Balaban J connectivity index is 2.08. The molecule has 1 atom stereocenters. The quantitative estimate of drug-likeness (QED) is 0.772. The molecule has 1 saturated heterocycles. The maximum absolute atomic E-state index is 13.7. The van der Waals surface area contributed by atoms with E-state index in [1.165, 1.54) is 0 Å². The second-order valence-electron chi connectivity index (χ2n) is 4.76. The lowest BCUT2D eigenvalue weighted by molar-refractivity contribution is -0.122. The molecule has 0 aliphatic carbocycles. The van der Waals surface area contributed by atoms with Crippen molar-refractivity contribution in [3.63, 3.8) is 0 Å². The van der Waals surface area contributed by atoms with E-state index in [4.69, 9.17) is 0 Å². The fraction of sp³-hybridized carbons (Fsp3) is 0.538. The van der Waals surface area contributed by atoms with Crippen LogP contribution in [0.2, 0.25) is 0 Å². The average Bonchev–Trinajstić information content (AvgIpc) is 2.43. The van der Waals surface area contributed by atoms with Crippen molar-refractivity contribution in [2.45, 2.75) is 32.2 Å². The molecule has 1 aromatic rings. The Morgan fingerprint density at radius 2 is 2.15 bits per heavy atom. The van der Waals surface area contributed by atoms with Gasteiger partial charge in [0.25, 0.3) is 0 Å². The summed E-state index contributed by atoms with van der Waals surface area (Å²) < 4.78 is 27.2. The van der Waals surface area contributed by atoms with Gasteiger partial charge in [-0.1, -0.05) is 6.92 Å². The fourth-order valence-electron chi connectivity index (χ4n) is 1.98. The molecule has 7 heteroatoms. The molecule has 110 valence electrons. The highest BCUT2D eigenvalue weighted by molar-refractivity contribution is 5.77. The van der Waals surface area contributed by atoms with E-state index in [1.807, 2.05) is 6.92 Å². The van der Waals surface area contributed by atoms with Gasteiger partial charge in [0.2, 0.25) is 5.91 Å². The topological polar surface area (TPSA) is 66.0 Å². The van der Waals surface area contributed by atoms with E-state index in [0.717, 1.165) is 12.5 Å². The minimum absolute atomic E-state index is 0.00570. The Morgan fingerprint density at radius 3 is 2.80 bits per heavy atom. The average molecular weight is 284 g/mol. The summed E-state index contributed by atoms with van der Waals surface area (Å²) in [5.41, 5.74) is 0. The zero-order valence-corrected chi connectivity index (χ0v) is 11.3. The van der Waals surface area contributed by atoms with Crippen molar-refractivity contribution < 1.29 is 13.6 Å². The number of hydrogen-bond donors (Lipinski definition) is 3. The van der Waals surface area contributed by atoms with Crippen molar-refractivity contribution in [2.24, 2.45) is 0 Å². The summed E-state index contributed by atoms with van der Waals surface area (Å²) in [7, 11) is 0. The normalized spacial score (nSPS) is 18.6. The standard InChI is InChI=1S/C13H18F2N4O/c1-2-5-16-12-9(14)6-10(15)13(19-12)18-8-3-4-11(20)17-7-8/h6,8H,2-5,7H2,1H3,(H,17,20)(H2,16,18,19). The van der Waals surface area contributed by atoms with Crippen LogP contribution in [0.4, 0.5) is 20.4 Å². The predicted octanol–water partition coefficient (Wildman–Crippen LogP) is 1.87. The van der Waals surface area contributed by atoms with Crippen molar-refractivity contribution in [2.75, 3.05) is 23.7 Å². The minimum Gasteiger partial charge on any atom is -0.368 e. The molecule has 0 radical (unpaired) electrons. The van der Waals surface area contributed by atoms with Crippen LogP contribution in [0.15, 0.2) is 6.07 Å². The first-order valence-corrected chi connectivity index (χ1v) is 6.73. The van der Waals surface area contributed by atoms with E-state index < -0.39 is 11.6 Å². The monoisotopic (exact) mass is 284 g/mol. The number of amides is 1. The lowest BCUT2D eigenvalue weighted by Gasteiger charge is -2.24. The second-order valence-corrected chi connectivity index (χ2v) is 4.76. The molecule has 0 aromatic carbocycles. The van der Waals surface area contributed by atoms with Crippen molar-refractivity contribution in [3.05, 3.63) is 17.7 Å². The molecule has 1 aliphatic rings. The minimum atomic E-state index is -0.735. The van der Waals surface area contributed by atoms with E-state index in [2.05, 4.69) is 20.9 Å². The van der Waals surface area contributed by atoms with Crippen LogP contribution in [-0.2, 0) is 4.79 Å². The van der Waals surface area contributed by atoms with Gasteiger partial charge >= 0.3 is 0 Å². The van der Waals surface area contributed by atoms with Crippen LogP contribution < -0.4 is 16.0 Å². The van der Waals surface area contributed by atoms with E-state index in [1.54, 1.807) is 0 Å². The Kier molecular flexibility index (Phi) is 4.70. The van der Waals surface area contributed by atoms with Crippen LogP contribution in [0, 0.1) is 11.6 Å². The lowest BCUT2D eigenvalue weighted by Crippen LogP contribution is -2.42. The summed E-state index contributed by atoms with van der Waals surface area (Å²) in [6.45, 7) is 2.92. The van der Waals surface area contributed by atoms with E-state index >= 15 is 0 Å². The number of nitrogens with zero attached hydrogens (tertiary/aromatic N) is 1. The number of halogens is 2. The van der Waals surface area contributed by atoms with Gasteiger partial charge in [-0.3, -0.25) is 4.79 Å². The molecule has 2 heterocycles. The summed E-state index contributed by atoms with van der Waals surface area (Å²) in [5.74, 6) is -1.41. The second kappa shape index (κ2) is 6.49. The van der Waals surface area contributed by atoms with Crippen molar-refractivity contribution in [1.82, 2.24) is 10.3 Å². The van der Waals surface area contributed by atoms with Gasteiger partial charge in [-0.2, -0.15) is 0 Å². The number of piperidine rings is 1. The van der Waals surface area contributed by atoms with Gasteiger partial charge in [0.05, 0.1) is 0 Å². The summed E-state index contributed by atoms with van der Waals surface area (Å²) in [6.07, 6.45) is 1.80. The number of carbonyl (C=O) groups excluding carboxylic acids is 1. The third-order valence-electron chi connectivity index (χ3n) is 3.08. The van der Waals surface area contributed by atoms with Crippen LogP contribution in [0.25, 0.3) is 0 Å². The maximum Gasteiger partial charge on any atom is 0.220 e. The van der Waals surface area contributed by atoms with Crippen LogP contribution in [-0.4, -0.2) is 30.0 Å². The van der Waals surface area contributed by atoms with Crippen LogP contribution in [0.3, 0.4) is 0 Å². The van der Waals surface area contributed by atoms with Gasteiger partial charge < -0.3 is 16.0 Å². The van der Waals surface area contributed by atoms with Gasteiger partial charge in [-0.15, -0.1) is 0 Å². The summed E-state index contributed by atoms with van der Waals surface area (Å²) >= 11 is 0. The highest BCUT2D eigenvalue weighted by Gasteiger charge is 2.20. The first-order chi connectivity index (χ1) is 9.60. The van der Waals surface area contributed by atoms with Gasteiger partial charge in [0.1, 0.15) is 0 Å². The Morgan fingerprint density at radius 1 is 1.40 bits per heavy atom. The molecule has 1 amide bonds. The van der Waals surface area contributed by atoms with Gasteiger partial charge in [-0.25, -0.2) is 13.8 Å². The first kappa shape index (κ1) is 14.5. The third kappa shape index (κ3) is 3.55. The molecule has 5 nitrogen and oxygen atoms in total. The number of carbonyl (C=O) groups is 1. The van der Waals surface area contributed by atoms with Crippen LogP contribution in [0.1, 0.15) is 26.2 Å². The third-order valence-corrected chi connectivity index (χ3v) is 3.08. The molecule has 0 spiro atoms. The smallest absolute Gasteiger partial charge is 0.220 e. The number of anilines is 2. The van der Waals surface area contributed by atoms with E-state index in [-0.39, 0.29) is 23.6 Å². The molecule has 1 aliphatic heterocycles. The van der Waals surface area contributed by atoms with Crippen molar-refractivity contribution in [1.29, 1.82) is 0 Å². The Bertz CT molecular complexity index is 486. The predicted molar refractivity (Wildman–Crippen MR) is 72.6 cm³/mol. The van der Waals surface area contributed by atoms with Gasteiger partial charge in [0.15, 0.2) is 23.3 Å². The summed E-state index contributed by atoms with van der Waals surface area (Å²) in [5, 5.41) is 8.41. The zero-order chi connectivity index (χ0) is 14.5. The van der Waals surface area contributed by atoms with E-state index in [0.29, 0.717) is 25.9 Å². The maximum atomic E-state index is 13.7.